The van der Waals surface area contributed by atoms with E-state index in [1.54, 1.807) is 0 Å². The summed E-state index contributed by atoms with van der Waals surface area (Å²) in [5, 5.41) is 2.89. The molecule has 1 unspecified atom stereocenters. The van der Waals surface area contributed by atoms with Gasteiger partial charge in [-0.05, 0) is 31.6 Å². The highest BCUT2D eigenvalue weighted by Crippen LogP contribution is 2.42. The van der Waals surface area contributed by atoms with Crippen LogP contribution in [0.3, 0.4) is 0 Å². The Bertz CT molecular complexity index is 238. The Labute approximate surface area is 92.6 Å². The van der Waals surface area contributed by atoms with E-state index in [2.05, 4.69) is 33.0 Å². The first kappa shape index (κ1) is 12.3. The zero-order chi connectivity index (χ0) is 11.7. The Morgan fingerprint density at radius 3 is 2.33 bits per heavy atom. The molecule has 0 spiro atoms. The van der Waals surface area contributed by atoms with E-state index in [1.165, 1.54) is 0 Å². The van der Waals surface area contributed by atoms with Gasteiger partial charge in [0.25, 0.3) is 0 Å². The summed E-state index contributed by atoms with van der Waals surface area (Å²) in [6.45, 7) is 10.4. The lowest BCUT2D eigenvalue weighted by atomic mass is 9.88. The molecule has 1 rings (SSSR count). The van der Waals surface area contributed by atoms with Crippen LogP contribution in [0.1, 0.15) is 53.9 Å². The molecular formula is C12H23NO2. The SMILES string of the molecule is CCC1(OC(=O)NC(C)C(C)(C)C)CC1. The van der Waals surface area contributed by atoms with Crippen molar-refractivity contribution in [1.29, 1.82) is 0 Å². The largest absolute Gasteiger partial charge is 0.443 e. The number of hydrogen-bond acceptors (Lipinski definition) is 2. The van der Waals surface area contributed by atoms with Crippen molar-refractivity contribution in [3.05, 3.63) is 0 Å². The Morgan fingerprint density at radius 2 is 2.00 bits per heavy atom. The number of ether oxygens (including phenoxy) is 1. The summed E-state index contributed by atoms with van der Waals surface area (Å²) in [7, 11) is 0. The number of rotatable bonds is 3. The predicted molar refractivity (Wildman–Crippen MR) is 60.8 cm³/mol. The zero-order valence-corrected chi connectivity index (χ0v) is 10.5. The minimum absolute atomic E-state index is 0.0714. The van der Waals surface area contributed by atoms with Gasteiger partial charge in [0.15, 0.2) is 0 Å². The summed E-state index contributed by atoms with van der Waals surface area (Å²) in [5.74, 6) is 0. The van der Waals surface area contributed by atoms with Crippen molar-refractivity contribution >= 4 is 6.09 Å². The number of nitrogens with one attached hydrogen (secondary N) is 1. The first-order valence-electron chi connectivity index (χ1n) is 5.78. The predicted octanol–water partition coefficient (Wildman–Crippen LogP) is 3.09. The maximum Gasteiger partial charge on any atom is 0.407 e. The third-order valence-corrected chi connectivity index (χ3v) is 3.39. The molecule has 1 fully saturated rings. The van der Waals surface area contributed by atoms with Gasteiger partial charge in [-0.15, -0.1) is 0 Å². The second kappa shape index (κ2) is 4.03. The number of amides is 1. The lowest BCUT2D eigenvalue weighted by molar-refractivity contribution is 0.0733. The van der Waals surface area contributed by atoms with Crippen molar-refractivity contribution in [2.75, 3.05) is 0 Å². The summed E-state index contributed by atoms with van der Waals surface area (Å²) >= 11 is 0. The molecule has 0 bridgehead atoms. The Hall–Kier alpha value is -0.730. The minimum Gasteiger partial charge on any atom is -0.443 e. The summed E-state index contributed by atoms with van der Waals surface area (Å²) in [4.78, 5) is 11.6. The highest BCUT2D eigenvalue weighted by atomic mass is 16.6. The van der Waals surface area contributed by atoms with Crippen LogP contribution in [0.4, 0.5) is 4.79 Å². The summed E-state index contributed by atoms with van der Waals surface area (Å²) in [6, 6.07) is 0.123. The molecule has 0 heterocycles. The maximum absolute atomic E-state index is 11.6. The second-order valence-electron chi connectivity index (χ2n) is 5.66. The lowest BCUT2D eigenvalue weighted by Gasteiger charge is -2.28. The average molecular weight is 213 g/mol. The Kier molecular flexibility index (Phi) is 3.31. The molecule has 0 aromatic rings. The van der Waals surface area contributed by atoms with Crippen LogP contribution >= 0.6 is 0 Å². The van der Waals surface area contributed by atoms with Gasteiger partial charge in [0.05, 0.1) is 0 Å². The van der Waals surface area contributed by atoms with Gasteiger partial charge in [-0.3, -0.25) is 0 Å². The minimum atomic E-state index is -0.267. The van der Waals surface area contributed by atoms with Crippen LogP contribution in [0.25, 0.3) is 0 Å². The van der Waals surface area contributed by atoms with Crippen LogP contribution < -0.4 is 5.32 Å². The van der Waals surface area contributed by atoms with Gasteiger partial charge in [-0.2, -0.15) is 0 Å². The van der Waals surface area contributed by atoms with Gasteiger partial charge in [0, 0.05) is 6.04 Å². The van der Waals surface area contributed by atoms with Crippen molar-refractivity contribution < 1.29 is 9.53 Å². The normalized spacial score (nSPS) is 20.6. The number of carbonyl (C=O) groups excluding carboxylic acids is 1. The van der Waals surface area contributed by atoms with Crippen molar-refractivity contribution in [3.63, 3.8) is 0 Å². The fourth-order valence-corrected chi connectivity index (χ4v) is 1.29. The summed E-state index contributed by atoms with van der Waals surface area (Å²) in [5.41, 5.74) is -0.0658. The summed E-state index contributed by atoms with van der Waals surface area (Å²) < 4.78 is 5.41. The molecule has 3 heteroatoms. The third kappa shape index (κ3) is 3.40. The van der Waals surface area contributed by atoms with E-state index in [1.807, 2.05) is 6.92 Å². The topological polar surface area (TPSA) is 38.3 Å². The van der Waals surface area contributed by atoms with E-state index >= 15 is 0 Å². The zero-order valence-electron chi connectivity index (χ0n) is 10.5. The van der Waals surface area contributed by atoms with Crippen molar-refractivity contribution in [1.82, 2.24) is 5.32 Å². The van der Waals surface area contributed by atoms with Crippen LogP contribution in [0.15, 0.2) is 0 Å². The van der Waals surface area contributed by atoms with Gasteiger partial charge >= 0.3 is 6.09 Å². The molecule has 1 N–H and O–H groups in total. The van der Waals surface area contributed by atoms with E-state index in [-0.39, 0.29) is 23.2 Å². The standard InChI is InChI=1S/C12H23NO2/c1-6-12(7-8-12)15-10(14)13-9(2)11(3,4)5/h9H,6-8H2,1-5H3,(H,13,14). The van der Waals surface area contributed by atoms with Crippen LogP contribution in [0, 0.1) is 5.41 Å². The quantitative estimate of drug-likeness (QED) is 0.782. The van der Waals surface area contributed by atoms with Gasteiger partial charge in [0.2, 0.25) is 0 Å². The molecule has 1 aliphatic rings. The van der Waals surface area contributed by atoms with Crippen LogP contribution in [-0.2, 0) is 4.74 Å². The highest BCUT2D eigenvalue weighted by molar-refractivity contribution is 5.68. The van der Waals surface area contributed by atoms with E-state index < -0.39 is 0 Å². The first-order valence-corrected chi connectivity index (χ1v) is 5.78. The number of carbonyl (C=O) groups is 1. The number of alkyl carbamates (subject to hydrolysis) is 1. The highest BCUT2D eigenvalue weighted by Gasteiger charge is 2.45. The molecule has 1 saturated carbocycles. The molecule has 0 radical (unpaired) electrons. The monoisotopic (exact) mass is 213 g/mol. The van der Waals surface area contributed by atoms with Crippen molar-refractivity contribution in [3.8, 4) is 0 Å². The molecule has 0 aromatic carbocycles. The van der Waals surface area contributed by atoms with Crippen LogP contribution in [-0.4, -0.2) is 17.7 Å². The van der Waals surface area contributed by atoms with Crippen molar-refractivity contribution in [2.45, 2.75) is 65.5 Å². The molecule has 0 saturated heterocycles. The molecule has 1 aliphatic carbocycles. The molecule has 1 atom stereocenters. The summed E-state index contributed by atoms with van der Waals surface area (Å²) in [6.07, 6.45) is 2.68. The molecule has 1 amide bonds. The maximum atomic E-state index is 11.6. The fraction of sp³-hybridized carbons (Fsp3) is 0.917. The van der Waals surface area contributed by atoms with Crippen LogP contribution in [0.5, 0.6) is 0 Å². The number of hydrogen-bond donors (Lipinski definition) is 1. The third-order valence-electron chi connectivity index (χ3n) is 3.39. The van der Waals surface area contributed by atoms with Gasteiger partial charge in [-0.1, -0.05) is 27.7 Å². The first-order chi connectivity index (χ1) is 6.79. The molecule has 0 aromatic heterocycles. The van der Waals surface area contributed by atoms with Gasteiger partial charge in [-0.25, -0.2) is 4.79 Å². The molecular weight excluding hydrogens is 190 g/mol. The smallest absolute Gasteiger partial charge is 0.407 e. The Morgan fingerprint density at radius 1 is 1.47 bits per heavy atom. The van der Waals surface area contributed by atoms with Gasteiger partial charge < -0.3 is 10.1 Å². The fourth-order valence-electron chi connectivity index (χ4n) is 1.29. The van der Waals surface area contributed by atoms with Gasteiger partial charge in [0.1, 0.15) is 5.60 Å². The van der Waals surface area contributed by atoms with Crippen LogP contribution in [0.2, 0.25) is 0 Å². The Balaban J connectivity index is 2.36. The van der Waals surface area contributed by atoms with E-state index in [0.717, 1.165) is 19.3 Å². The molecule has 88 valence electrons. The van der Waals surface area contributed by atoms with E-state index in [9.17, 15) is 4.79 Å². The average Bonchev–Trinajstić information content (AvgIpc) is 2.83. The molecule has 3 nitrogen and oxygen atoms in total. The molecule has 0 aliphatic heterocycles. The van der Waals surface area contributed by atoms with Crippen molar-refractivity contribution in [2.24, 2.45) is 5.41 Å². The molecule has 15 heavy (non-hydrogen) atoms. The lowest BCUT2D eigenvalue weighted by Crippen LogP contribution is -2.43. The van der Waals surface area contributed by atoms with E-state index in [4.69, 9.17) is 4.74 Å². The van der Waals surface area contributed by atoms with E-state index in [0.29, 0.717) is 0 Å². The second-order valence-corrected chi connectivity index (χ2v) is 5.66.